The number of amides is 1. The molecule has 1 unspecified atom stereocenters. The maximum absolute atomic E-state index is 15.6. The number of esters is 1. The summed E-state index contributed by atoms with van der Waals surface area (Å²) in [4.78, 5) is 39.5. The first-order valence-corrected chi connectivity index (χ1v) is 12.4. The Morgan fingerprint density at radius 2 is 1.92 bits per heavy atom. The van der Waals surface area contributed by atoms with Gasteiger partial charge in [0.15, 0.2) is 0 Å². The zero-order chi connectivity index (χ0) is 27.2. The van der Waals surface area contributed by atoms with Crippen LogP contribution < -0.4 is 15.6 Å². The van der Waals surface area contributed by atoms with Crippen LogP contribution in [0.2, 0.25) is 0 Å². The molecule has 4 rings (SSSR count). The van der Waals surface area contributed by atoms with Gasteiger partial charge in [0, 0.05) is 37.0 Å². The molecular weight excluding hydrogens is 491 g/mol. The number of fused-ring (bicyclic) bond motifs is 1. The lowest BCUT2D eigenvalue weighted by Crippen LogP contribution is -2.43. The number of pyridine rings is 1. The highest BCUT2D eigenvalue weighted by atomic mass is 19.1. The lowest BCUT2D eigenvalue weighted by atomic mass is 10.0. The van der Waals surface area contributed by atoms with E-state index >= 15 is 4.39 Å². The van der Waals surface area contributed by atoms with Gasteiger partial charge < -0.3 is 24.3 Å². The van der Waals surface area contributed by atoms with E-state index in [1.165, 1.54) is 10.8 Å². The van der Waals surface area contributed by atoms with Gasteiger partial charge in [0.05, 0.1) is 36.6 Å². The number of aryl methyl sites for hydroxylation is 1. The van der Waals surface area contributed by atoms with E-state index in [1.54, 1.807) is 39.5 Å². The third-order valence-electron chi connectivity index (χ3n) is 6.67. The van der Waals surface area contributed by atoms with E-state index in [9.17, 15) is 23.2 Å². The minimum atomic E-state index is -1.17. The second kappa shape index (κ2) is 9.90. The van der Waals surface area contributed by atoms with Gasteiger partial charge in [-0.05, 0) is 46.2 Å². The number of rotatable bonds is 6. The molecule has 1 saturated heterocycles. The van der Waals surface area contributed by atoms with Crippen molar-refractivity contribution in [1.29, 1.82) is 0 Å². The highest BCUT2D eigenvalue weighted by Gasteiger charge is 2.42. The summed E-state index contributed by atoms with van der Waals surface area (Å²) < 4.78 is 55.4. The average molecular weight is 524 g/mol. The first kappa shape index (κ1) is 26.8. The summed E-state index contributed by atoms with van der Waals surface area (Å²) in [6.45, 7) is 7.85. The molecule has 2 aromatic rings. The zero-order valence-electron chi connectivity index (χ0n) is 21.6. The molecular formula is C26H32F3N3O5. The Hall–Kier alpha value is -3.24. The fourth-order valence-electron chi connectivity index (χ4n) is 4.95. The standard InChI is InChI=1S/C26H32F3N3O5/c1-6-36-24(34)16-11-32(20-8-17(20)28)21-13(2)22(18(29)7-15(21)23(16)33)31-10-14(9-27)19(12-31)30-25(35)37-26(3,4)5/h7,11,14,17,19-20H,6,8-10,12H2,1-5H3,(H,30,35)/t14-,17-,19+,20?/m0/s1. The van der Waals surface area contributed by atoms with Crippen LogP contribution in [-0.2, 0) is 9.47 Å². The number of alkyl halides is 2. The Kier molecular flexibility index (Phi) is 7.18. The number of benzene rings is 1. The van der Waals surface area contributed by atoms with Crippen molar-refractivity contribution in [1.82, 2.24) is 9.88 Å². The number of hydrogen-bond acceptors (Lipinski definition) is 6. The van der Waals surface area contributed by atoms with Crippen molar-refractivity contribution in [2.24, 2.45) is 5.92 Å². The second-order valence-corrected chi connectivity index (χ2v) is 10.6. The summed E-state index contributed by atoms with van der Waals surface area (Å²) in [5.74, 6) is -2.21. The van der Waals surface area contributed by atoms with E-state index < -0.39 is 59.8 Å². The van der Waals surface area contributed by atoms with Crippen molar-refractivity contribution >= 4 is 28.7 Å². The fraction of sp³-hybridized carbons (Fsp3) is 0.577. The summed E-state index contributed by atoms with van der Waals surface area (Å²) in [7, 11) is 0. The molecule has 2 fully saturated rings. The molecule has 1 saturated carbocycles. The molecule has 11 heteroatoms. The lowest BCUT2D eigenvalue weighted by Gasteiger charge is -2.25. The molecule has 0 spiro atoms. The molecule has 1 aliphatic heterocycles. The minimum Gasteiger partial charge on any atom is -0.462 e. The normalized spacial score (nSPS) is 23.3. The molecule has 0 bridgehead atoms. The van der Waals surface area contributed by atoms with Crippen LogP contribution in [0.25, 0.3) is 10.9 Å². The van der Waals surface area contributed by atoms with Crippen LogP contribution >= 0.6 is 0 Å². The number of hydrogen-bond donors (Lipinski definition) is 1. The van der Waals surface area contributed by atoms with Crippen molar-refractivity contribution in [2.75, 3.05) is 31.3 Å². The Bertz CT molecular complexity index is 1290. The highest BCUT2D eigenvalue weighted by molar-refractivity contribution is 5.96. The summed E-state index contributed by atoms with van der Waals surface area (Å²) in [6.07, 6.45) is -0.389. The molecule has 8 nitrogen and oxygen atoms in total. The number of carbonyl (C=O) groups is 2. The third kappa shape index (κ3) is 5.26. The number of aromatic nitrogens is 1. The number of alkyl carbamates (subject to hydrolysis) is 1. The fourth-order valence-corrected chi connectivity index (χ4v) is 4.95. The van der Waals surface area contributed by atoms with Gasteiger partial charge in [0.25, 0.3) is 0 Å². The van der Waals surface area contributed by atoms with E-state index in [2.05, 4.69) is 5.32 Å². The van der Waals surface area contributed by atoms with Crippen molar-refractivity contribution < 1.29 is 32.2 Å². The quantitative estimate of drug-likeness (QED) is 0.571. The first-order valence-electron chi connectivity index (χ1n) is 12.4. The smallest absolute Gasteiger partial charge is 0.407 e. The van der Waals surface area contributed by atoms with Gasteiger partial charge >= 0.3 is 12.1 Å². The number of halogens is 3. The van der Waals surface area contributed by atoms with E-state index in [0.29, 0.717) is 11.1 Å². The molecule has 1 amide bonds. The first-order chi connectivity index (χ1) is 17.4. The van der Waals surface area contributed by atoms with E-state index in [1.807, 2.05) is 0 Å². The highest BCUT2D eigenvalue weighted by Crippen LogP contribution is 2.43. The number of nitrogens with zero attached hydrogens (tertiary/aromatic N) is 2. The van der Waals surface area contributed by atoms with Gasteiger partial charge in [-0.2, -0.15) is 0 Å². The van der Waals surface area contributed by atoms with Crippen molar-refractivity contribution in [3.8, 4) is 0 Å². The Morgan fingerprint density at radius 1 is 1.24 bits per heavy atom. The van der Waals surface area contributed by atoms with Crippen molar-refractivity contribution in [3.05, 3.63) is 39.4 Å². The monoisotopic (exact) mass is 523 g/mol. The van der Waals surface area contributed by atoms with Crippen LogP contribution in [0.5, 0.6) is 0 Å². The number of carbonyl (C=O) groups excluding carboxylic acids is 2. The van der Waals surface area contributed by atoms with Crippen LogP contribution in [-0.4, -0.2) is 60.8 Å². The second-order valence-electron chi connectivity index (χ2n) is 10.6. The van der Waals surface area contributed by atoms with Crippen molar-refractivity contribution in [3.63, 3.8) is 0 Å². The summed E-state index contributed by atoms with van der Waals surface area (Å²) in [5.41, 5.74) is -0.940. The molecule has 1 aliphatic carbocycles. The van der Waals surface area contributed by atoms with Crippen LogP contribution in [0, 0.1) is 18.7 Å². The van der Waals surface area contributed by atoms with Crippen LogP contribution in [0.1, 0.15) is 56.1 Å². The van der Waals surface area contributed by atoms with Crippen LogP contribution in [0.3, 0.4) is 0 Å². The molecule has 202 valence electrons. The summed E-state index contributed by atoms with van der Waals surface area (Å²) in [5, 5.41) is 2.62. The third-order valence-corrected chi connectivity index (χ3v) is 6.67. The zero-order valence-corrected chi connectivity index (χ0v) is 21.6. The summed E-state index contributed by atoms with van der Waals surface area (Å²) in [6, 6.07) is -0.207. The molecule has 2 heterocycles. The minimum absolute atomic E-state index is 0.0427. The topological polar surface area (TPSA) is 89.9 Å². The van der Waals surface area contributed by atoms with Gasteiger partial charge in [-0.1, -0.05) is 0 Å². The Labute approximate surface area is 212 Å². The maximum Gasteiger partial charge on any atom is 0.407 e. The van der Waals surface area contributed by atoms with Crippen LogP contribution in [0.4, 0.5) is 23.7 Å². The molecule has 0 radical (unpaired) electrons. The molecule has 1 N–H and O–H groups in total. The predicted molar refractivity (Wildman–Crippen MR) is 132 cm³/mol. The van der Waals surface area contributed by atoms with Crippen LogP contribution in [0.15, 0.2) is 17.1 Å². The van der Waals surface area contributed by atoms with Gasteiger partial charge in [-0.3, -0.25) is 9.18 Å². The largest absolute Gasteiger partial charge is 0.462 e. The average Bonchev–Trinajstić information content (AvgIpc) is 3.38. The van der Waals surface area contributed by atoms with Gasteiger partial charge in [-0.15, -0.1) is 0 Å². The van der Waals surface area contributed by atoms with E-state index in [-0.39, 0.29) is 42.8 Å². The SMILES string of the molecule is CCOC(=O)c1cn(C2C[C@@H]2F)c2c(C)c(N3C[C@H](CF)[C@H](NC(=O)OC(C)(C)C)C3)c(F)cc2c1=O. The molecule has 37 heavy (non-hydrogen) atoms. The maximum atomic E-state index is 15.6. The predicted octanol–water partition coefficient (Wildman–Crippen LogP) is 4.21. The van der Waals surface area contributed by atoms with E-state index in [4.69, 9.17) is 9.47 Å². The van der Waals surface area contributed by atoms with Gasteiger partial charge in [-0.25, -0.2) is 18.4 Å². The van der Waals surface area contributed by atoms with Crippen molar-refractivity contribution in [2.45, 2.75) is 64.9 Å². The number of nitrogens with one attached hydrogen (secondary N) is 1. The number of ether oxygens (including phenoxy) is 2. The summed E-state index contributed by atoms with van der Waals surface area (Å²) >= 11 is 0. The van der Waals surface area contributed by atoms with Gasteiger partial charge in [0.1, 0.15) is 23.2 Å². The Morgan fingerprint density at radius 3 is 2.49 bits per heavy atom. The molecule has 1 aromatic heterocycles. The molecule has 2 aliphatic rings. The van der Waals surface area contributed by atoms with Gasteiger partial charge in [0.2, 0.25) is 5.43 Å². The molecule has 1 aromatic carbocycles. The Balaban J connectivity index is 1.76. The lowest BCUT2D eigenvalue weighted by molar-refractivity contribution is 0.0491. The molecule has 4 atom stereocenters. The number of anilines is 1. The van der Waals surface area contributed by atoms with E-state index in [0.717, 1.165) is 6.07 Å².